The normalized spacial score (nSPS) is 18.5. The molecule has 0 amide bonds. The van der Waals surface area contributed by atoms with Crippen molar-refractivity contribution in [3.8, 4) is 28.4 Å². The molecule has 2 saturated carbocycles. The van der Waals surface area contributed by atoms with Gasteiger partial charge in [-0.1, -0.05) is 18.6 Å². The Balaban J connectivity index is 1.45. The lowest BCUT2D eigenvalue weighted by atomic mass is 9.85. The van der Waals surface area contributed by atoms with Crippen molar-refractivity contribution in [2.45, 2.75) is 44.3 Å². The Morgan fingerprint density at radius 1 is 1.13 bits per heavy atom. The third kappa shape index (κ3) is 3.48. The minimum Gasteiger partial charge on any atom is -0.504 e. The Bertz CT molecular complexity index is 1050. The summed E-state index contributed by atoms with van der Waals surface area (Å²) in [6, 6.07) is 8.65. The van der Waals surface area contributed by atoms with Gasteiger partial charge in [0, 0.05) is 11.1 Å². The first-order valence-electron chi connectivity index (χ1n) is 10.6. The molecule has 0 unspecified atom stereocenters. The van der Waals surface area contributed by atoms with Gasteiger partial charge in [-0.25, -0.2) is 4.79 Å². The SMILES string of the molecule is COc1c(O)ccc(-c2cccc3c2COC3=O)c1OCC1(OC(=O)C2CCC2)CC1. The molecular formula is C24H24O7. The first-order valence-corrected chi connectivity index (χ1v) is 10.6. The van der Waals surface area contributed by atoms with Gasteiger partial charge >= 0.3 is 11.9 Å². The second kappa shape index (κ2) is 7.48. The van der Waals surface area contributed by atoms with E-state index in [0.29, 0.717) is 16.9 Å². The van der Waals surface area contributed by atoms with Crippen molar-refractivity contribution >= 4 is 11.9 Å². The van der Waals surface area contributed by atoms with Crippen LogP contribution in [0.5, 0.6) is 17.2 Å². The van der Waals surface area contributed by atoms with E-state index in [2.05, 4.69) is 0 Å². The van der Waals surface area contributed by atoms with Gasteiger partial charge in [0.15, 0.2) is 11.5 Å². The molecule has 7 nitrogen and oxygen atoms in total. The summed E-state index contributed by atoms with van der Waals surface area (Å²) in [6.07, 6.45) is 4.33. The van der Waals surface area contributed by atoms with Crippen molar-refractivity contribution in [1.82, 2.24) is 0 Å². The summed E-state index contributed by atoms with van der Waals surface area (Å²) in [5.74, 6) is -0.00943. The number of methoxy groups -OCH3 is 1. The van der Waals surface area contributed by atoms with Crippen LogP contribution in [0.3, 0.4) is 0 Å². The monoisotopic (exact) mass is 424 g/mol. The maximum absolute atomic E-state index is 12.3. The highest BCUT2D eigenvalue weighted by Crippen LogP contribution is 2.48. The number of fused-ring (bicyclic) bond motifs is 1. The Kier molecular flexibility index (Phi) is 4.76. The molecule has 7 heteroatoms. The number of phenols is 1. The fourth-order valence-electron chi connectivity index (χ4n) is 4.07. The van der Waals surface area contributed by atoms with Crippen molar-refractivity contribution in [3.63, 3.8) is 0 Å². The fourth-order valence-corrected chi connectivity index (χ4v) is 4.07. The average molecular weight is 424 g/mol. The van der Waals surface area contributed by atoms with Crippen molar-refractivity contribution in [3.05, 3.63) is 41.5 Å². The van der Waals surface area contributed by atoms with Crippen LogP contribution in [0.25, 0.3) is 11.1 Å². The number of benzene rings is 2. The molecule has 1 aliphatic heterocycles. The lowest BCUT2D eigenvalue weighted by Crippen LogP contribution is -2.33. The number of aromatic hydroxyl groups is 1. The zero-order valence-electron chi connectivity index (χ0n) is 17.3. The topological polar surface area (TPSA) is 91.3 Å². The molecule has 2 aliphatic carbocycles. The molecule has 31 heavy (non-hydrogen) atoms. The van der Waals surface area contributed by atoms with E-state index in [1.165, 1.54) is 13.2 Å². The highest BCUT2D eigenvalue weighted by atomic mass is 16.6. The van der Waals surface area contributed by atoms with Crippen molar-refractivity contribution in [2.75, 3.05) is 13.7 Å². The number of rotatable bonds is 7. The highest BCUT2D eigenvalue weighted by Gasteiger charge is 2.49. The number of hydrogen-bond acceptors (Lipinski definition) is 7. The van der Waals surface area contributed by atoms with Gasteiger partial charge in [0.2, 0.25) is 5.75 Å². The van der Waals surface area contributed by atoms with E-state index >= 15 is 0 Å². The van der Waals surface area contributed by atoms with Gasteiger partial charge in [-0.3, -0.25) is 4.79 Å². The molecule has 3 aliphatic rings. The summed E-state index contributed by atoms with van der Waals surface area (Å²) < 4.78 is 22.6. The predicted molar refractivity (Wildman–Crippen MR) is 110 cm³/mol. The Morgan fingerprint density at radius 2 is 1.90 bits per heavy atom. The van der Waals surface area contributed by atoms with Crippen LogP contribution >= 0.6 is 0 Å². The molecule has 5 rings (SSSR count). The lowest BCUT2D eigenvalue weighted by Gasteiger charge is -2.27. The molecule has 2 aromatic carbocycles. The molecule has 0 atom stereocenters. The van der Waals surface area contributed by atoms with Gasteiger partial charge in [0.1, 0.15) is 18.8 Å². The van der Waals surface area contributed by atoms with E-state index < -0.39 is 5.60 Å². The van der Waals surface area contributed by atoms with Crippen LogP contribution in [0.2, 0.25) is 0 Å². The van der Waals surface area contributed by atoms with E-state index in [1.54, 1.807) is 18.2 Å². The molecule has 0 saturated heterocycles. The maximum atomic E-state index is 12.3. The van der Waals surface area contributed by atoms with Crippen LogP contribution in [0.1, 0.15) is 48.0 Å². The van der Waals surface area contributed by atoms with E-state index in [9.17, 15) is 14.7 Å². The smallest absolute Gasteiger partial charge is 0.338 e. The molecule has 0 aromatic heterocycles. The van der Waals surface area contributed by atoms with Crippen LogP contribution in [0.15, 0.2) is 30.3 Å². The average Bonchev–Trinajstić information content (AvgIpc) is 3.37. The van der Waals surface area contributed by atoms with Gasteiger partial charge in [0.05, 0.1) is 18.6 Å². The summed E-state index contributed by atoms with van der Waals surface area (Å²) >= 11 is 0. The number of hydrogen-bond donors (Lipinski definition) is 1. The van der Waals surface area contributed by atoms with Crippen molar-refractivity contribution in [2.24, 2.45) is 5.92 Å². The van der Waals surface area contributed by atoms with Crippen LogP contribution in [0, 0.1) is 5.92 Å². The summed E-state index contributed by atoms with van der Waals surface area (Å²) in [5.41, 5.74) is 2.10. The van der Waals surface area contributed by atoms with E-state index in [4.69, 9.17) is 18.9 Å². The molecule has 1 N–H and O–H groups in total. The zero-order chi connectivity index (χ0) is 21.6. The maximum Gasteiger partial charge on any atom is 0.338 e. The molecular weight excluding hydrogens is 400 g/mol. The molecule has 162 valence electrons. The number of carbonyl (C=O) groups is 2. The lowest BCUT2D eigenvalue weighted by molar-refractivity contribution is -0.161. The summed E-state index contributed by atoms with van der Waals surface area (Å²) in [7, 11) is 1.46. The van der Waals surface area contributed by atoms with Gasteiger partial charge < -0.3 is 24.1 Å². The molecule has 0 bridgehead atoms. The van der Waals surface area contributed by atoms with Gasteiger partial charge in [-0.15, -0.1) is 0 Å². The van der Waals surface area contributed by atoms with Crippen molar-refractivity contribution in [1.29, 1.82) is 0 Å². The Morgan fingerprint density at radius 3 is 2.58 bits per heavy atom. The fraction of sp³-hybridized carbons (Fsp3) is 0.417. The third-order valence-corrected chi connectivity index (χ3v) is 6.37. The van der Waals surface area contributed by atoms with Crippen LogP contribution in [-0.2, 0) is 20.9 Å². The minimum absolute atomic E-state index is 0.00721. The second-order valence-electron chi connectivity index (χ2n) is 8.42. The largest absolute Gasteiger partial charge is 0.504 e. The van der Waals surface area contributed by atoms with Crippen LogP contribution in [0.4, 0.5) is 0 Å². The van der Waals surface area contributed by atoms with E-state index in [1.807, 2.05) is 6.07 Å². The number of phenolic OH excluding ortho intramolecular Hbond substituents is 1. The Labute approximate surface area is 179 Å². The Hall–Kier alpha value is -3.22. The summed E-state index contributed by atoms with van der Waals surface area (Å²) in [4.78, 5) is 24.3. The predicted octanol–water partition coefficient (Wildman–Crippen LogP) is 3.99. The third-order valence-electron chi connectivity index (χ3n) is 6.37. The molecule has 0 radical (unpaired) electrons. The molecule has 2 fully saturated rings. The van der Waals surface area contributed by atoms with E-state index in [-0.39, 0.29) is 42.6 Å². The first-order chi connectivity index (χ1) is 15.0. The number of esters is 2. The minimum atomic E-state index is -0.627. The molecule has 2 aromatic rings. The second-order valence-corrected chi connectivity index (χ2v) is 8.42. The van der Waals surface area contributed by atoms with Crippen molar-refractivity contribution < 1.29 is 33.6 Å². The standard InChI is InChI=1S/C24H24O7/c1-28-21-19(25)9-8-16(15-6-3-7-17-18(15)12-29-23(17)27)20(21)30-13-24(10-11-24)31-22(26)14-4-2-5-14/h3,6-9,14,25H,2,4-5,10-13H2,1H3. The summed E-state index contributed by atoms with van der Waals surface area (Å²) in [5, 5.41) is 10.3. The van der Waals surface area contributed by atoms with Gasteiger partial charge in [-0.2, -0.15) is 0 Å². The number of carbonyl (C=O) groups excluding carboxylic acids is 2. The number of cyclic esters (lactones) is 1. The number of ether oxygens (including phenoxy) is 4. The van der Waals surface area contributed by atoms with E-state index in [0.717, 1.165) is 43.2 Å². The van der Waals surface area contributed by atoms with Gasteiger partial charge in [-0.05, 0) is 49.4 Å². The molecule has 1 heterocycles. The molecule has 0 spiro atoms. The highest BCUT2D eigenvalue weighted by molar-refractivity contribution is 5.96. The van der Waals surface area contributed by atoms with Crippen LogP contribution < -0.4 is 9.47 Å². The zero-order valence-corrected chi connectivity index (χ0v) is 17.3. The van der Waals surface area contributed by atoms with Gasteiger partial charge in [0.25, 0.3) is 0 Å². The van der Waals surface area contributed by atoms with Crippen LogP contribution in [-0.4, -0.2) is 36.4 Å². The quantitative estimate of drug-likeness (QED) is 0.672. The summed E-state index contributed by atoms with van der Waals surface area (Å²) in [6.45, 7) is 0.346. The first kappa shape index (κ1) is 19.7.